The second kappa shape index (κ2) is 4.98. The highest BCUT2D eigenvalue weighted by Gasteiger charge is 2.04. The van der Waals surface area contributed by atoms with Gasteiger partial charge in [0.15, 0.2) is 0 Å². The molecule has 0 radical (unpaired) electrons. The highest BCUT2D eigenvalue weighted by molar-refractivity contribution is 5.47. The largest absolute Gasteiger partial charge is 0.271 e. The molecule has 0 amide bonds. The number of benzene rings is 2. The molecule has 2 aromatic carbocycles. The average Bonchev–Trinajstić information content (AvgIpc) is 2.38. The first kappa shape index (κ1) is 10.9. The van der Waals surface area contributed by atoms with Crippen molar-refractivity contribution in [3.63, 3.8) is 0 Å². The fourth-order valence-electron chi connectivity index (χ4n) is 1.28. The van der Waals surface area contributed by atoms with Crippen LogP contribution in [0.5, 0.6) is 0 Å². The van der Waals surface area contributed by atoms with E-state index in [9.17, 15) is 10.1 Å². The Morgan fingerprint density at radius 1 is 0.882 bits per heavy atom. The second-order valence-corrected chi connectivity index (χ2v) is 3.31. The third kappa shape index (κ3) is 2.94. The summed E-state index contributed by atoms with van der Waals surface area (Å²) in [6.45, 7) is 0. The Labute approximate surface area is 97.6 Å². The van der Waals surface area contributed by atoms with E-state index in [0.29, 0.717) is 11.4 Å². The minimum atomic E-state index is -0.457. The van der Waals surface area contributed by atoms with Crippen LogP contribution in [0.1, 0.15) is 0 Å². The van der Waals surface area contributed by atoms with Gasteiger partial charge in [-0.3, -0.25) is 10.1 Å². The smallest absolute Gasteiger partial charge is 0.258 e. The number of nitro groups is 1. The molecule has 0 unspecified atom stereocenters. The van der Waals surface area contributed by atoms with Crippen LogP contribution in [0, 0.1) is 10.1 Å². The summed E-state index contributed by atoms with van der Waals surface area (Å²) in [6, 6.07) is 15.2. The average molecular weight is 227 g/mol. The van der Waals surface area contributed by atoms with Gasteiger partial charge in [-0.25, -0.2) is 0 Å². The SMILES string of the molecule is O=[N+]([O-])c1cccc(/N=N/c2ccccc2)c1. The zero-order valence-electron chi connectivity index (χ0n) is 8.85. The molecule has 0 atom stereocenters. The van der Waals surface area contributed by atoms with Crippen LogP contribution in [-0.2, 0) is 0 Å². The van der Waals surface area contributed by atoms with Gasteiger partial charge in [-0.05, 0) is 18.2 Å². The van der Waals surface area contributed by atoms with E-state index >= 15 is 0 Å². The Morgan fingerprint density at radius 2 is 1.53 bits per heavy atom. The molecule has 0 saturated heterocycles. The first-order chi connectivity index (χ1) is 8.25. The van der Waals surface area contributed by atoms with Gasteiger partial charge < -0.3 is 0 Å². The van der Waals surface area contributed by atoms with Crippen molar-refractivity contribution in [3.8, 4) is 0 Å². The van der Waals surface area contributed by atoms with Crippen molar-refractivity contribution in [1.82, 2.24) is 0 Å². The van der Waals surface area contributed by atoms with Gasteiger partial charge in [0.2, 0.25) is 0 Å². The Bertz CT molecular complexity index is 553. The molecule has 17 heavy (non-hydrogen) atoms. The van der Waals surface area contributed by atoms with Gasteiger partial charge in [0.1, 0.15) is 0 Å². The molecular weight excluding hydrogens is 218 g/mol. The molecule has 0 bridgehead atoms. The van der Waals surface area contributed by atoms with Crippen molar-refractivity contribution in [2.45, 2.75) is 0 Å². The van der Waals surface area contributed by atoms with Crippen molar-refractivity contribution >= 4 is 17.1 Å². The topological polar surface area (TPSA) is 67.9 Å². The molecule has 0 N–H and O–H groups in total. The Hall–Kier alpha value is -2.56. The van der Waals surface area contributed by atoms with Crippen LogP contribution in [-0.4, -0.2) is 4.92 Å². The fourth-order valence-corrected chi connectivity index (χ4v) is 1.28. The maximum absolute atomic E-state index is 10.6. The summed E-state index contributed by atoms with van der Waals surface area (Å²) < 4.78 is 0. The number of nitro benzene ring substituents is 1. The minimum absolute atomic E-state index is 0.00881. The summed E-state index contributed by atoms with van der Waals surface area (Å²) in [5, 5.41) is 18.5. The molecule has 0 fully saturated rings. The summed E-state index contributed by atoms with van der Waals surface area (Å²) >= 11 is 0. The summed E-state index contributed by atoms with van der Waals surface area (Å²) in [5.74, 6) is 0. The van der Waals surface area contributed by atoms with Gasteiger partial charge >= 0.3 is 0 Å². The zero-order chi connectivity index (χ0) is 12.1. The van der Waals surface area contributed by atoms with Crippen LogP contribution in [0.25, 0.3) is 0 Å². The van der Waals surface area contributed by atoms with Crippen LogP contribution in [0.3, 0.4) is 0 Å². The molecule has 2 aromatic rings. The molecule has 0 aliphatic carbocycles. The van der Waals surface area contributed by atoms with Crippen LogP contribution in [0.2, 0.25) is 0 Å². The fraction of sp³-hybridized carbons (Fsp3) is 0. The lowest BCUT2D eigenvalue weighted by atomic mass is 10.3. The van der Waals surface area contributed by atoms with Crippen molar-refractivity contribution in [2.75, 3.05) is 0 Å². The van der Waals surface area contributed by atoms with Gasteiger partial charge in [0.25, 0.3) is 5.69 Å². The number of hydrogen-bond acceptors (Lipinski definition) is 4. The van der Waals surface area contributed by atoms with Crippen molar-refractivity contribution < 1.29 is 4.92 Å². The predicted molar refractivity (Wildman–Crippen MR) is 63.7 cm³/mol. The molecule has 0 heterocycles. The molecule has 0 aliphatic rings. The summed E-state index contributed by atoms with van der Waals surface area (Å²) in [7, 11) is 0. The molecule has 0 aromatic heterocycles. The summed E-state index contributed by atoms with van der Waals surface area (Å²) in [4.78, 5) is 10.1. The van der Waals surface area contributed by atoms with Crippen molar-refractivity contribution in [1.29, 1.82) is 0 Å². The standard InChI is InChI=1S/C12H9N3O2/c16-15(17)12-8-4-7-11(9-12)14-13-10-5-2-1-3-6-10/h1-9H/b14-13+. The van der Waals surface area contributed by atoms with E-state index < -0.39 is 4.92 Å². The Kier molecular flexibility index (Phi) is 3.20. The Morgan fingerprint density at radius 3 is 2.24 bits per heavy atom. The maximum Gasteiger partial charge on any atom is 0.271 e. The minimum Gasteiger partial charge on any atom is -0.258 e. The molecule has 5 nitrogen and oxygen atoms in total. The van der Waals surface area contributed by atoms with Gasteiger partial charge in [0.05, 0.1) is 16.3 Å². The van der Waals surface area contributed by atoms with E-state index in [-0.39, 0.29) is 5.69 Å². The van der Waals surface area contributed by atoms with E-state index in [4.69, 9.17) is 0 Å². The monoisotopic (exact) mass is 227 g/mol. The Balaban J connectivity index is 2.22. The first-order valence-electron chi connectivity index (χ1n) is 4.97. The number of nitrogens with zero attached hydrogens (tertiary/aromatic N) is 3. The summed E-state index contributed by atoms with van der Waals surface area (Å²) in [6.07, 6.45) is 0. The van der Waals surface area contributed by atoms with Crippen molar-refractivity contribution in [2.24, 2.45) is 10.2 Å². The number of hydrogen-bond donors (Lipinski definition) is 0. The molecule has 0 saturated carbocycles. The third-order valence-electron chi connectivity index (χ3n) is 2.08. The highest BCUT2D eigenvalue weighted by Crippen LogP contribution is 2.22. The lowest BCUT2D eigenvalue weighted by molar-refractivity contribution is -0.384. The predicted octanol–water partition coefficient (Wildman–Crippen LogP) is 4.01. The van der Waals surface area contributed by atoms with Gasteiger partial charge in [0, 0.05) is 12.1 Å². The molecular formula is C12H9N3O2. The zero-order valence-corrected chi connectivity index (χ0v) is 8.85. The van der Waals surface area contributed by atoms with Gasteiger partial charge in [-0.2, -0.15) is 10.2 Å². The van der Waals surface area contributed by atoms with E-state index in [0.717, 1.165) is 0 Å². The van der Waals surface area contributed by atoms with Gasteiger partial charge in [-0.1, -0.05) is 24.3 Å². The van der Waals surface area contributed by atoms with E-state index in [1.807, 2.05) is 18.2 Å². The van der Waals surface area contributed by atoms with Crippen LogP contribution >= 0.6 is 0 Å². The van der Waals surface area contributed by atoms with Crippen LogP contribution in [0.4, 0.5) is 17.1 Å². The lowest BCUT2D eigenvalue weighted by Crippen LogP contribution is -1.85. The van der Waals surface area contributed by atoms with E-state index in [1.165, 1.54) is 12.1 Å². The molecule has 0 aliphatic heterocycles. The number of azo groups is 1. The quantitative estimate of drug-likeness (QED) is 0.451. The molecule has 0 spiro atoms. The molecule has 2 rings (SSSR count). The number of non-ortho nitro benzene ring substituents is 1. The second-order valence-electron chi connectivity index (χ2n) is 3.31. The third-order valence-corrected chi connectivity index (χ3v) is 2.08. The van der Waals surface area contributed by atoms with Gasteiger partial charge in [-0.15, -0.1) is 0 Å². The highest BCUT2D eigenvalue weighted by atomic mass is 16.6. The molecule has 5 heteroatoms. The first-order valence-corrected chi connectivity index (χ1v) is 4.97. The number of rotatable bonds is 3. The normalized spacial score (nSPS) is 10.6. The molecule has 84 valence electrons. The van der Waals surface area contributed by atoms with Crippen molar-refractivity contribution in [3.05, 3.63) is 64.7 Å². The lowest BCUT2D eigenvalue weighted by Gasteiger charge is -1.93. The van der Waals surface area contributed by atoms with Crippen LogP contribution < -0.4 is 0 Å². The van der Waals surface area contributed by atoms with E-state index in [2.05, 4.69) is 10.2 Å². The maximum atomic E-state index is 10.6. The summed E-state index contributed by atoms with van der Waals surface area (Å²) in [5.41, 5.74) is 1.18. The van der Waals surface area contributed by atoms with E-state index in [1.54, 1.807) is 24.3 Å². The van der Waals surface area contributed by atoms with Crippen LogP contribution in [0.15, 0.2) is 64.8 Å².